The lowest BCUT2D eigenvalue weighted by Gasteiger charge is -2.16. The zero-order valence-corrected chi connectivity index (χ0v) is 18.6. The van der Waals surface area contributed by atoms with E-state index in [0.717, 1.165) is 15.9 Å². The largest absolute Gasteiger partial charge is 0.324 e. The van der Waals surface area contributed by atoms with Gasteiger partial charge in [0, 0.05) is 16.3 Å². The lowest BCUT2D eigenvalue weighted by molar-refractivity contribution is -0.118. The van der Waals surface area contributed by atoms with Crippen molar-refractivity contribution >= 4 is 56.7 Å². The van der Waals surface area contributed by atoms with Crippen LogP contribution in [0.25, 0.3) is 10.5 Å². The van der Waals surface area contributed by atoms with E-state index in [0.29, 0.717) is 22.0 Å². The van der Waals surface area contributed by atoms with Crippen molar-refractivity contribution in [3.8, 4) is 0 Å². The third kappa shape index (κ3) is 3.59. The third-order valence-electron chi connectivity index (χ3n) is 5.08. The minimum atomic E-state index is -0.547. The van der Waals surface area contributed by atoms with Gasteiger partial charge in [0.15, 0.2) is 0 Å². The lowest BCUT2D eigenvalue weighted by atomic mass is 10.1. The van der Waals surface area contributed by atoms with Crippen LogP contribution >= 0.6 is 22.9 Å². The number of anilines is 2. The first kappa shape index (κ1) is 21.0. The molecule has 0 aliphatic carbocycles. The average molecular weight is 480 g/mol. The van der Waals surface area contributed by atoms with Crippen LogP contribution in [0, 0.1) is 6.92 Å². The Morgan fingerprint density at radius 1 is 1.12 bits per heavy atom. The smallest absolute Gasteiger partial charge is 0.295 e. The number of aromatic nitrogens is 3. The molecule has 33 heavy (non-hydrogen) atoms. The van der Waals surface area contributed by atoms with Crippen LogP contribution in [-0.4, -0.2) is 33.0 Å². The first-order chi connectivity index (χ1) is 15.8. The van der Waals surface area contributed by atoms with Gasteiger partial charge in [0.1, 0.15) is 16.8 Å². The van der Waals surface area contributed by atoms with Crippen molar-refractivity contribution in [2.24, 2.45) is 0 Å². The summed E-state index contributed by atoms with van der Waals surface area (Å²) in [6.07, 6.45) is 0. The van der Waals surface area contributed by atoms with E-state index in [2.05, 4.69) is 15.4 Å². The van der Waals surface area contributed by atoms with E-state index >= 15 is 0 Å². The number of hydrogen-bond acceptors (Lipinski definition) is 7. The van der Waals surface area contributed by atoms with Crippen molar-refractivity contribution in [1.29, 1.82) is 0 Å². The maximum Gasteiger partial charge on any atom is 0.295 e. The van der Waals surface area contributed by atoms with Gasteiger partial charge in [0.2, 0.25) is 10.9 Å². The zero-order chi connectivity index (χ0) is 23.3. The summed E-state index contributed by atoms with van der Waals surface area (Å²) in [5.41, 5.74) is 0.660. The molecule has 0 spiro atoms. The lowest BCUT2D eigenvalue weighted by Crippen LogP contribution is -2.37. The quantitative estimate of drug-likeness (QED) is 0.475. The van der Waals surface area contributed by atoms with Crippen LogP contribution in [0.15, 0.2) is 58.1 Å². The van der Waals surface area contributed by atoms with E-state index in [9.17, 15) is 19.2 Å². The summed E-state index contributed by atoms with van der Waals surface area (Å²) in [6, 6.07) is 13.6. The maximum absolute atomic E-state index is 13.4. The number of fused-ring (bicyclic) bond motifs is 2. The predicted octanol–water partition coefficient (Wildman–Crippen LogP) is 1.38. The maximum atomic E-state index is 13.4. The number of carbonyl (C=O) groups excluding carboxylic acids is 2. The second kappa shape index (κ2) is 7.91. The Balaban J connectivity index is 1.59. The van der Waals surface area contributed by atoms with E-state index in [-0.39, 0.29) is 27.3 Å². The second-order valence-electron chi connectivity index (χ2n) is 7.28. The minimum Gasteiger partial charge on any atom is -0.324 e. The number of nitrogens with one attached hydrogen (secondary N) is 1. The summed E-state index contributed by atoms with van der Waals surface area (Å²) in [4.78, 5) is 56.3. The molecule has 2 amide bonds. The average Bonchev–Trinajstić information content (AvgIpc) is 3.22. The Bertz CT molecular complexity index is 1640. The van der Waals surface area contributed by atoms with E-state index in [1.54, 1.807) is 48.5 Å². The number of para-hydroxylation sites is 1. The van der Waals surface area contributed by atoms with Crippen molar-refractivity contribution in [3.63, 3.8) is 0 Å². The summed E-state index contributed by atoms with van der Waals surface area (Å²) in [5.74, 6) is -0.926. The number of thiazole rings is 1. The molecule has 0 unspecified atom stereocenters. The molecule has 2 aromatic carbocycles. The highest BCUT2D eigenvalue weighted by Gasteiger charge is 2.35. The zero-order valence-electron chi connectivity index (χ0n) is 17.0. The van der Waals surface area contributed by atoms with E-state index < -0.39 is 22.9 Å². The Kier molecular flexibility index (Phi) is 5.03. The molecule has 164 valence electrons. The van der Waals surface area contributed by atoms with Gasteiger partial charge in [0.05, 0.1) is 11.3 Å². The molecule has 1 aliphatic rings. The highest BCUT2D eigenvalue weighted by Crippen LogP contribution is 2.35. The normalized spacial score (nSPS) is 14.6. The van der Waals surface area contributed by atoms with Crippen LogP contribution in [-0.2, 0) is 9.59 Å². The van der Waals surface area contributed by atoms with Crippen LogP contribution in [0.4, 0.5) is 11.4 Å². The molecule has 0 fully saturated rings. The molecule has 9 nitrogen and oxygen atoms in total. The number of nitrogens with zero attached hydrogens (tertiary/aromatic N) is 4. The van der Waals surface area contributed by atoms with Gasteiger partial charge < -0.3 is 5.32 Å². The highest BCUT2D eigenvalue weighted by atomic mass is 35.5. The van der Waals surface area contributed by atoms with Gasteiger partial charge in [-0.15, -0.1) is 0 Å². The fraction of sp³-hybridized carbons (Fsp3) is 0.0909. The molecule has 0 bridgehead atoms. The fourth-order valence-electron chi connectivity index (χ4n) is 3.60. The highest BCUT2D eigenvalue weighted by molar-refractivity contribution is 7.15. The predicted molar refractivity (Wildman–Crippen MR) is 125 cm³/mol. The summed E-state index contributed by atoms with van der Waals surface area (Å²) in [7, 11) is 0. The molecule has 0 radical (unpaired) electrons. The van der Waals surface area contributed by atoms with E-state index in [4.69, 9.17) is 11.6 Å². The third-order valence-corrected chi connectivity index (χ3v) is 6.34. The molecule has 3 heterocycles. The number of benzene rings is 2. The molecular weight excluding hydrogens is 466 g/mol. The van der Waals surface area contributed by atoms with E-state index in [1.807, 2.05) is 0 Å². The van der Waals surface area contributed by atoms with Gasteiger partial charge in [-0.3, -0.25) is 24.1 Å². The number of rotatable bonds is 3. The summed E-state index contributed by atoms with van der Waals surface area (Å²) >= 11 is 6.88. The van der Waals surface area contributed by atoms with Gasteiger partial charge >= 0.3 is 0 Å². The molecule has 0 saturated carbocycles. The van der Waals surface area contributed by atoms with Crippen LogP contribution in [0.2, 0.25) is 5.02 Å². The van der Waals surface area contributed by atoms with Crippen LogP contribution in [0.1, 0.15) is 11.3 Å². The molecule has 1 N–H and O–H groups in total. The van der Waals surface area contributed by atoms with Gasteiger partial charge in [-0.1, -0.05) is 47.2 Å². The summed E-state index contributed by atoms with van der Waals surface area (Å²) < 4.78 is 1.13. The van der Waals surface area contributed by atoms with Crippen LogP contribution in [0.5, 0.6) is 0 Å². The monoisotopic (exact) mass is 479 g/mol. The molecule has 1 aliphatic heterocycles. The molecule has 0 saturated heterocycles. The van der Waals surface area contributed by atoms with Gasteiger partial charge in [-0.05, 0) is 31.2 Å². The summed E-state index contributed by atoms with van der Waals surface area (Å²) in [5, 5.41) is 7.18. The Labute approximate surface area is 194 Å². The molecule has 4 aromatic rings. The van der Waals surface area contributed by atoms with Crippen molar-refractivity contribution in [3.05, 3.63) is 90.1 Å². The molecule has 2 aromatic heterocycles. The topological polar surface area (TPSA) is 114 Å². The van der Waals surface area contributed by atoms with Crippen LogP contribution in [0.3, 0.4) is 0 Å². The molecule has 0 atom stereocenters. The standard InChI is InChI=1S/C22H14ClN5O4S/c1-11-19(30)25-22-28(26-11)21(32)18(33-22)17-14-7-2-3-8-15(14)27(20(17)31)10-16(29)24-13-6-4-5-12(23)9-13/h2-9H,10H2,1H3,(H,24,29)/b18-17-. The van der Waals surface area contributed by atoms with E-state index in [1.165, 1.54) is 11.8 Å². The fourth-order valence-corrected chi connectivity index (χ4v) is 4.79. The Morgan fingerprint density at radius 2 is 1.91 bits per heavy atom. The Morgan fingerprint density at radius 3 is 2.70 bits per heavy atom. The first-order valence-electron chi connectivity index (χ1n) is 9.75. The molecular formula is C22H14ClN5O4S. The Hall–Kier alpha value is -3.89. The number of aryl methyl sites for hydroxylation is 1. The van der Waals surface area contributed by atoms with Crippen molar-refractivity contribution in [1.82, 2.24) is 14.6 Å². The van der Waals surface area contributed by atoms with Crippen molar-refractivity contribution in [2.75, 3.05) is 16.8 Å². The van der Waals surface area contributed by atoms with Crippen molar-refractivity contribution in [2.45, 2.75) is 6.92 Å². The molecule has 5 rings (SSSR count). The second-order valence-corrected chi connectivity index (χ2v) is 8.69. The number of carbonyl (C=O) groups is 2. The molecule has 11 heteroatoms. The SMILES string of the molecule is Cc1nn2c(=O)/c(=C3/C(=O)N(CC(=O)Nc4cccc(Cl)c4)c4ccccc43)sc2nc1=O. The van der Waals surface area contributed by atoms with Gasteiger partial charge in [0.25, 0.3) is 17.0 Å². The number of halogens is 1. The van der Waals surface area contributed by atoms with Gasteiger partial charge in [-0.25, -0.2) is 0 Å². The van der Waals surface area contributed by atoms with Gasteiger partial charge in [-0.2, -0.15) is 14.6 Å². The summed E-state index contributed by atoms with van der Waals surface area (Å²) in [6.45, 7) is 1.19. The first-order valence-corrected chi connectivity index (χ1v) is 10.9. The number of hydrogen-bond donors (Lipinski definition) is 1. The number of amides is 2. The van der Waals surface area contributed by atoms with Crippen molar-refractivity contribution < 1.29 is 9.59 Å². The van der Waals surface area contributed by atoms with Crippen LogP contribution < -0.4 is 25.9 Å². The minimum absolute atomic E-state index is 0.0800.